The van der Waals surface area contributed by atoms with Crippen LogP contribution in [0.5, 0.6) is 0 Å². The van der Waals surface area contributed by atoms with Crippen molar-refractivity contribution < 1.29 is 0 Å². The Hall–Kier alpha value is -2.86. The Kier molecular flexibility index (Phi) is 4.02. The topological polar surface area (TPSA) is 88.8 Å². The average Bonchev–Trinajstić information content (AvgIpc) is 2.54. The summed E-state index contributed by atoms with van der Waals surface area (Å²) in [5.41, 5.74) is 8.02. The molecule has 1 aromatic carbocycles. The van der Waals surface area contributed by atoms with Crippen molar-refractivity contribution >= 4 is 40.3 Å². The highest BCUT2D eigenvalue weighted by Gasteiger charge is 2.10. The number of hydrogen-bond acceptors (Lipinski definition) is 6. The van der Waals surface area contributed by atoms with Gasteiger partial charge in [-0.15, -0.1) is 0 Å². The smallest absolute Gasteiger partial charge is 0.159 e. The van der Waals surface area contributed by atoms with Crippen LogP contribution in [0.2, 0.25) is 5.15 Å². The Morgan fingerprint density at radius 2 is 1.59 bits per heavy atom. The quantitative estimate of drug-likeness (QED) is 0.638. The van der Waals surface area contributed by atoms with Crippen molar-refractivity contribution in [2.24, 2.45) is 0 Å². The van der Waals surface area contributed by atoms with E-state index in [0.29, 0.717) is 28.2 Å². The molecule has 3 rings (SSSR count). The third kappa shape index (κ3) is 3.07. The number of nitrogens with zero attached hydrogens (tertiary/aromatic N) is 3. The molecule has 0 saturated carbocycles. The molecular formula is C15H13ClN6. The average molecular weight is 313 g/mol. The van der Waals surface area contributed by atoms with Crippen molar-refractivity contribution in [2.45, 2.75) is 0 Å². The van der Waals surface area contributed by atoms with E-state index < -0.39 is 0 Å². The van der Waals surface area contributed by atoms with E-state index in [0.717, 1.165) is 5.69 Å². The molecule has 0 fully saturated rings. The van der Waals surface area contributed by atoms with Crippen molar-refractivity contribution in [3.63, 3.8) is 0 Å². The molecule has 22 heavy (non-hydrogen) atoms. The minimum absolute atomic E-state index is 0.345. The highest BCUT2D eigenvalue weighted by Crippen LogP contribution is 2.29. The third-order valence-corrected chi connectivity index (χ3v) is 3.23. The first-order chi connectivity index (χ1) is 10.7. The van der Waals surface area contributed by atoms with Crippen LogP contribution >= 0.6 is 11.6 Å². The van der Waals surface area contributed by atoms with Crippen LogP contribution < -0.4 is 16.4 Å². The summed E-state index contributed by atoms with van der Waals surface area (Å²) in [5.74, 6) is 0.979. The van der Waals surface area contributed by atoms with E-state index in [1.807, 2.05) is 30.3 Å². The van der Waals surface area contributed by atoms with Gasteiger partial charge in [-0.1, -0.05) is 29.8 Å². The zero-order valence-corrected chi connectivity index (χ0v) is 12.2. The molecule has 0 bridgehead atoms. The number of nitrogens with one attached hydrogen (secondary N) is 2. The maximum atomic E-state index is 6.12. The van der Waals surface area contributed by atoms with Gasteiger partial charge in [0.15, 0.2) is 16.8 Å². The fourth-order valence-electron chi connectivity index (χ4n) is 1.86. The van der Waals surface area contributed by atoms with Crippen molar-refractivity contribution in [3.8, 4) is 0 Å². The fourth-order valence-corrected chi connectivity index (χ4v) is 2.03. The first-order valence-corrected chi connectivity index (χ1v) is 6.92. The summed E-state index contributed by atoms with van der Waals surface area (Å²) < 4.78 is 0. The van der Waals surface area contributed by atoms with Crippen LogP contribution in [-0.4, -0.2) is 15.0 Å². The lowest BCUT2D eigenvalue weighted by molar-refractivity contribution is 1.17. The number of benzene rings is 1. The monoisotopic (exact) mass is 312 g/mol. The number of anilines is 5. The molecule has 0 radical (unpaired) electrons. The molecule has 4 N–H and O–H groups in total. The van der Waals surface area contributed by atoms with Crippen LogP contribution in [0.15, 0.2) is 55.0 Å². The maximum absolute atomic E-state index is 6.12. The number of hydrogen-bond donors (Lipinski definition) is 3. The lowest BCUT2D eigenvalue weighted by Crippen LogP contribution is -2.05. The van der Waals surface area contributed by atoms with E-state index >= 15 is 0 Å². The molecule has 110 valence electrons. The summed E-state index contributed by atoms with van der Waals surface area (Å²) in [6.07, 6.45) is 3.04. The summed E-state index contributed by atoms with van der Waals surface area (Å²) in [6.45, 7) is 0. The fraction of sp³-hybridized carbons (Fsp3) is 0. The molecule has 0 saturated heterocycles. The van der Waals surface area contributed by atoms with Crippen LogP contribution in [0.25, 0.3) is 0 Å². The van der Waals surface area contributed by atoms with Gasteiger partial charge in [-0.25, -0.2) is 15.0 Å². The number of aromatic nitrogens is 3. The second-order valence-corrected chi connectivity index (χ2v) is 4.80. The Morgan fingerprint density at radius 1 is 0.864 bits per heavy atom. The lowest BCUT2D eigenvalue weighted by Gasteiger charge is -2.12. The molecule has 7 heteroatoms. The lowest BCUT2D eigenvalue weighted by atomic mass is 10.3. The van der Waals surface area contributed by atoms with Crippen molar-refractivity contribution in [2.75, 3.05) is 16.4 Å². The van der Waals surface area contributed by atoms with Crippen LogP contribution in [-0.2, 0) is 0 Å². The maximum Gasteiger partial charge on any atom is 0.159 e. The predicted octanol–water partition coefficient (Wildman–Crippen LogP) is 3.59. The molecule has 3 aromatic rings. The highest BCUT2D eigenvalue weighted by atomic mass is 35.5. The zero-order chi connectivity index (χ0) is 15.4. The van der Waals surface area contributed by atoms with Gasteiger partial charge in [-0.2, -0.15) is 0 Å². The van der Waals surface area contributed by atoms with Gasteiger partial charge in [-0.05, 0) is 24.3 Å². The summed E-state index contributed by atoms with van der Waals surface area (Å²) in [6, 6.07) is 13.2. The van der Waals surface area contributed by atoms with Crippen LogP contribution in [0, 0.1) is 0 Å². The molecule has 0 aliphatic carbocycles. The van der Waals surface area contributed by atoms with Crippen molar-refractivity contribution in [1.82, 2.24) is 15.0 Å². The Bertz CT molecular complexity index is 778. The summed E-state index contributed by atoms with van der Waals surface area (Å²) >= 11 is 6.02. The van der Waals surface area contributed by atoms with Gasteiger partial charge in [0.25, 0.3) is 0 Å². The molecule has 2 aromatic heterocycles. The number of halogens is 1. The number of para-hydroxylation sites is 1. The molecule has 0 amide bonds. The van der Waals surface area contributed by atoms with Gasteiger partial charge in [0.2, 0.25) is 0 Å². The van der Waals surface area contributed by atoms with E-state index in [4.69, 9.17) is 17.3 Å². The first kappa shape index (κ1) is 14.1. The van der Waals surface area contributed by atoms with Gasteiger partial charge in [-0.3, -0.25) is 0 Å². The van der Waals surface area contributed by atoms with E-state index in [1.165, 1.54) is 6.33 Å². The van der Waals surface area contributed by atoms with Gasteiger partial charge in [0.1, 0.15) is 12.0 Å². The van der Waals surface area contributed by atoms with Crippen LogP contribution in [0.3, 0.4) is 0 Å². The van der Waals surface area contributed by atoms with Crippen molar-refractivity contribution in [3.05, 3.63) is 60.1 Å². The van der Waals surface area contributed by atoms with E-state index in [1.54, 1.807) is 18.3 Å². The molecule has 0 aliphatic heterocycles. The summed E-state index contributed by atoms with van der Waals surface area (Å²) in [4.78, 5) is 12.3. The second kappa shape index (κ2) is 6.28. The number of rotatable bonds is 4. The molecule has 0 unspecified atom stereocenters. The second-order valence-electron chi connectivity index (χ2n) is 4.44. The molecule has 0 spiro atoms. The van der Waals surface area contributed by atoms with E-state index in [-0.39, 0.29) is 0 Å². The van der Waals surface area contributed by atoms with Crippen LogP contribution in [0.4, 0.5) is 28.7 Å². The summed E-state index contributed by atoms with van der Waals surface area (Å²) in [7, 11) is 0. The zero-order valence-electron chi connectivity index (χ0n) is 11.5. The number of nitrogen functional groups attached to an aromatic ring is 1. The number of pyridine rings is 1. The molecule has 0 aliphatic rings. The van der Waals surface area contributed by atoms with Gasteiger partial charge in [0.05, 0.1) is 5.69 Å². The van der Waals surface area contributed by atoms with Crippen molar-refractivity contribution in [1.29, 1.82) is 0 Å². The SMILES string of the molecule is Nc1c(Nc2ccccc2)ncnc1Nc1cccnc1Cl. The highest BCUT2D eigenvalue weighted by molar-refractivity contribution is 6.32. The Labute approximate surface area is 132 Å². The van der Waals surface area contributed by atoms with Crippen LogP contribution in [0.1, 0.15) is 0 Å². The Balaban J connectivity index is 1.88. The summed E-state index contributed by atoms with van der Waals surface area (Å²) in [5, 5.41) is 6.55. The standard InChI is InChI=1S/C15H13ClN6/c16-13-11(7-4-8-18-13)22-15-12(17)14(19-9-20-15)21-10-5-2-1-3-6-10/h1-9H,17H2,(H2,19,20,21,22). The van der Waals surface area contributed by atoms with E-state index in [9.17, 15) is 0 Å². The predicted molar refractivity (Wildman–Crippen MR) is 88.7 cm³/mol. The Morgan fingerprint density at radius 3 is 2.32 bits per heavy atom. The molecule has 6 nitrogen and oxygen atoms in total. The van der Waals surface area contributed by atoms with Gasteiger partial charge >= 0.3 is 0 Å². The van der Waals surface area contributed by atoms with Gasteiger partial charge < -0.3 is 16.4 Å². The molecule has 2 heterocycles. The first-order valence-electron chi connectivity index (χ1n) is 6.54. The van der Waals surface area contributed by atoms with E-state index in [2.05, 4.69) is 25.6 Å². The largest absolute Gasteiger partial charge is 0.393 e. The molecular weight excluding hydrogens is 300 g/mol. The minimum atomic E-state index is 0.345. The van der Waals surface area contributed by atoms with Gasteiger partial charge in [0, 0.05) is 11.9 Å². The minimum Gasteiger partial charge on any atom is -0.393 e. The third-order valence-electron chi connectivity index (χ3n) is 2.93. The molecule has 0 atom stereocenters. The number of nitrogens with two attached hydrogens (primary N) is 1. The normalized spacial score (nSPS) is 10.2.